The molecule has 0 N–H and O–H groups in total. The van der Waals surface area contributed by atoms with Crippen LogP contribution in [-0.2, 0) is 4.74 Å². The Morgan fingerprint density at radius 3 is 2.24 bits per heavy atom. The number of aromatic nitrogens is 1. The summed E-state index contributed by atoms with van der Waals surface area (Å²) in [6.07, 6.45) is 3.50. The molecule has 0 saturated carbocycles. The summed E-state index contributed by atoms with van der Waals surface area (Å²) >= 11 is 0. The van der Waals surface area contributed by atoms with Crippen LogP contribution in [0.4, 0.5) is 0 Å². The van der Waals surface area contributed by atoms with Crippen molar-refractivity contribution in [2.45, 2.75) is 12.1 Å². The first-order valence-corrected chi connectivity index (χ1v) is 11.7. The van der Waals surface area contributed by atoms with Crippen molar-refractivity contribution in [3.05, 3.63) is 114 Å². The van der Waals surface area contributed by atoms with Gasteiger partial charge in [-0.1, -0.05) is 84.9 Å². The molecular formula is C29H29N3O2. The Hall–Kier alpha value is -3.54. The Balaban J connectivity index is 1.45. The van der Waals surface area contributed by atoms with Gasteiger partial charge >= 0.3 is 0 Å². The Labute approximate surface area is 200 Å². The Bertz CT molecular complexity index is 1200. The van der Waals surface area contributed by atoms with Crippen LogP contribution < -0.4 is 0 Å². The van der Waals surface area contributed by atoms with Crippen molar-refractivity contribution in [1.29, 1.82) is 0 Å². The topological polar surface area (TPSA) is 45.7 Å². The van der Waals surface area contributed by atoms with Gasteiger partial charge in [0.1, 0.15) is 0 Å². The molecule has 5 heteroatoms. The molecule has 34 heavy (non-hydrogen) atoms. The molecule has 172 valence electrons. The van der Waals surface area contributed by atoms with Gasteiger partial charge in [-0.25, -0.2) is 0 Å². The van der Waals surface area contributed by atoms with Crippen molar-refractivity contribution in [1.82, 2.24) is 14.8 Å². The average molecular weight is 452 g/mol. The van der Waals surface area contributed by atoms with Gasteiger partial charge in [0.2, 0.25) is 0 Å². The number of amides is 1. The molecule has 5 nitrogen and oxygen atoms in total. The van der Waals surface area contributed by atoms with Crippen LogP contribution >= 0.6 is 0 Å². The summed E-state index contributed by atoms with van der Waals surface area (Å²) in [5, 5.41) is 1.91. The third-order valence-electron chi connectivity index (χ3n) is 6.63. The quantitative estimate of drug-likeness (QED) is 0.423. The number of hydrogen-bond acceptors (Lipinski definition) is 4. The van der Waals surface area contributed by atoms with Gasteiger partial charge in [0.15, 0.2) is 0 Å². The lowest BCUT2D eigenvalue weighted by atomic mass is 9.95. The summed E-state index contributed by atoms with van der Waals surface area (Å²) in [5.41, 5.74) is 3.15. The third-order valence-corrected chi connectivity index (χ3v) is 6.63. The van der Waals surface area contributed by atoms with E-state index < -0.39 is 0 Å². The van der Waals surface area contributed by atoms with E-state index in [1.54, 1.807) is 19.5 Å². The van der Waals surface area contributed by atoms with Crippen LogP contribution in [-0.4, -0.2) is 60.1 Å². The number of carbonyl (C=O) groups excluding carboxylic acids is 1. The highest BCUT2D eigenvalue weighted by Crippen LogP contribution is 2.31. The van der Waals surface area contributed by atoms with Gasteiger partial charge in [0.25, 0.3) is 5.91 Å². The number of fused-ring (bicyclic) bond motifs is 1. The van der Waals surface area contributed by atoms with Crippen molar-refractivity contribution in [3.63, 3.8) is 0 Å². The van der Waals surface area contributed by atoms with Crippen molar-refractivity contribution in [2.24, 2.45) is 0 Å². The van der Waals surface area contributed by atoms with E-state index in [1.165, 1.54) is 11.1 Å². The van der Waals surface area contributed by atoms with E-state index in [1.807, 2.05) is 41.3 Å². The number of pyridine rings is 1. The number of hydrogen-bond donors (Lipinski definition) is 0. The predicted octanol–water partition coefficient (Wildman–Crippen LogP) is 4.80. The minimum absolute atomic E-state index is 0.0157. The highest BCUT2D eigenvalue weighted by atomic mass is 16.5. The van der Waals surface area contributed by atoms with E-state index in [2.05, 4.69) is 58.4 Å². The first kappa shape index (κ1) is 22.3. The zero-order valence-electron chi connectivity index (χ0n) is 19.4. The largest absolute Gasteiger partial charge is 0.382 e. The Kier molecular flexibility index (Phi) is 6.65. The van der Waals surface area contributed by atoms with Gasteiger partial charge in [0, 0.05) is 44.5 Å². The van der Waals surface area contributed by atoms with Gasteiger partial charge in [0.05, 0.1) is 24.3 Å². The molecule has 0 unspecified atom stereocenters. The molecule has 0 spiro atoms. The van der Waals surface area contributed by atoms with Gasteiger partial charge < -0.3 is 9.64 Å². The summed E-state index contributed by atoms with van der Waals surface area (Å²) in [6, 6.07) is 29.2. The second kappa shape index (κ2) is 10.2. The number of ether oxygens (including phenoxy) is 1. The van der Waals surface area contributed by atoms with Crippen molar-refractivity contribution in [3.8, 4) is 0 Å². The molecule has 1 aliphatic heterocycles. The van der Waals surface area contributed by atoms with E-state index in [0.29, 0.717) is 18.7 Å². The van der Waals surface area contributed by atoms with E-state index >= 15 is 0 Å². The molecule has 1 amide bonds. The summed E-state index contributed by atoms with van der Waals surface area (Å²) in [5.74, 6) is 0.0157. The minimum Gasteiger partial charge on any atom is -0.382 e. The molecule has 0 bridgehead atoms. The van der Waals surface area contributed by atoms with E-state index in [9.17, 15) is 4.79 Å². The van der Waals surface area contributed by atoms with Gasteiger partial charge in [-0.05, 0) is 16.5 Å². The van der Waals surface area contributed by atoms with Gasteiger partial charge in [-0.3, -0.25) is 14.7 Å². The normalized spacial score (nSPS) is 16.8. The smallest absolute Gasteiger partial charge is 0.256 e. The minimum atomic E-state index is -0.0554. The average Bonchev–Trinajstić information content (AvgIpc) is 2.90. The molecule has 1 aromatic heterocycles. The van der Waals surface area contributed by atoms with Crippen LogP contribution in [0.3, 0.4) is 0 Å². The maximum atomic E-state index is 13.7. The lowest BCUT2D eigenvalue weighted by Crippen LogP contribution is -2.57. The number of methoxy groups -OCH3 is 1. The predicted molar refractivity (Wildman–Crippen MR) is 135 cm³/mol. The number of benzene rings is 3. The summed E-state index contributed by atoms with van der Waals surface area (Å²) in [4.78, 5) is 22.5. The first-order valence-electron chi connectivity index (χ1n) is 11.7. The van der Waals surface area contributed by atoms with Crippen LogP contribution in [0.15, 0.2) is 97.3 Å². The number of nitrogens with zero attached hydrogens (tertiary/aromatic N) is 3. The molecule has 1 aliphatic rings. The fraction of sp³-hybridized carbons (Fsp3) is 0.241. The van der Waals surface area contributed by atoms with Crippen LogP contribution in [0.5, 0.6) is 0 Å². The van der Waals surface area contributed by atoms with E-state index in [0.717, 1.165) is 23.9 Å². The van der Waals surface area contributed by atoms with E-state index in [4.69, 9.17) is 4.74 Å². The summed E-state index contributed by atoms with van der Waals surface area (Å²) < 4.78 is 5.59. The molecule has 0 aliphatic carbocycles. The maximum absolute atomic E-state index is 13.7. The van der Waals surface area contributed by atoms with Gasteiger partial charge in [-0.15, -0.1) is 0 Å². The molecule has 2 heterocycles. The molecule has 3 aromatic carbocycles. The van der Waals surface area contributed by atoms with Crippen LogP contribution in [0.25, 0.3) is 10.8 Å². The SMILES string of the molecule is COC[C@H]1CN(C(c2ccccc2)c2ccccc2)CCN1C(=O)c1cncc2ccccc12. The third kappa shape index (κ3) is 4.45. The molecular weight excluding hydrogens is 422 g/mol. The van der Waals surface area contributed by atoms with Gasteiger partial charge in [-0.2, -0.15) is 0 Å². The molecule has 5 rings (SSSR count). The fourth-order valence-corrected chi connectivity index (χ4v) is 5.04. The lowest BCUT2D eigenvalue weighted by molar-refractivity contribution is 0.0145. The molecule has 4 aromatic rings. The van der Waals surface area contributed by atoms with Crippen LogP contribution in [0.1, 0.15) is 27.5 Å². The monoisotopic (exact) mass is 451 g/mol. The fourth-order valence-electron chi connectivity index (χ4n) is 5.04. The zero-order valence-corrected chi connectivity index (χ0v) is 19.4. The zero-order chi connectivity index (χ0) is 23.3. The van der Waals surface area contributed by atoms with Crippen molar-refractivity contribution in [2.75, 3.05) is 33.4 Å². The second-order valence-electron chi connectivity index (χ2n) is 8.73. The summed E-state index contributed by atoms with van der Waals surface area (Å²) in [6.45, 7) is 2.62. The van der Waals surface area contributed by atoms with E-state index in [-0.39, 0.29) is 18.0 Å². The second-order valence-corrected chi connectivity index (χ2v) is 8.73. The van der Waals surface area contributed by atoms with Crippen LogP contribution in [0.2, 0.25) is 0 Å². The highest BCUT2D eigenvalue weighted by molar-refractivity contribution is 6.06. The lowest BCUT2D eigenvalue weighted by Gasteiger charge is -2.44. The molecule has 0 radical (unpaired) electrons. The molecule has 1 saturated heterocycles. The highest BCUT2D eigenvalue weighted by Gasteiger charge is 2.35. The standard InChI is InChI=1S/C29H29N3O2/c1-34-21-25-20-31(28(22-10-4-2-5-11-22)23-12-6-3-7-13-23)16-17-32(25)29(33)27-19-30-18-24-14-8-9-15-26(24)27/h2-15,18-19,25,28H,16-17,20-21H2,1H3/t25-/m1/s1. The van der Waals surface area contributed by atoms with Crippen LogP contribution in [0, 0.1) is 0 Å². The summed E-state index contributed by atoms with van der Waals surface area (Å²) in [7, 11) is 1.70. The maximum Gasteiger partial charge on any atom is 0.256 e. The first-order chi connectivity index (χ1) is 16.8. The van der Waals surface area contributed by atoms with Crippen molar-refractivity contribution < 1.29 is 9.53 Å². The molecule has 1 fully saturated rings. The number of piperazine rings is 1. The molecule has 1 atom stereocenters. The Morgan fingerprint density at radius 2 is 1.56 bits per heavy atom. The number of carbonyl (C=O) groups is 1. The Morgan fingerprint density at radius 1 is 0.912 bits per heavy atom. The number of rotatable bonds is 6. The van der Waals surface area contributed by atoms with Crippen molar-refractivity contribution >= 4 is 16.7 Å².